The van der Waals surface area contributed by atoms with Crippen LogP contribution < -0.4 is 15.0 Å². The van der Waals surface area contributed by atoms with Crippen LogP contribution in [0.3, 0.4) is 0 Å². The van der Waals surface area contributed by atoms with Gasteiger partial charge in [-0.1, -0.05) is 42.5 Å². The van der Waals surface area contributed by atoms with Gasteiger partial charge in [0.1, 0.15) is 18.0 Å². The van der Waals surface area contributed by atoms with Crippen LogP contribution in [0.1, 0.15) is 11.1 Å². The minimum atomic E-state index is -0.321. The molecule has 2 aromatic heterocycles. The highest BCUT2D eigenvalue weighted by molar-refractivity contribution is 14.1. The predicted octanol–water partition coefficient (Wildman–Crippen LogP) is 7.02. The Labute approximate surface area is 241 Å². The van der Waals surface area contributed by atoms with Gasteiger partial charge in [-0.3, -0.25) is 4.79 Å². The zero-order valence-corrected chi connectivity index (χ0v) is 23.3. The average molecular weight is 645 g/mol. The molecule has 198 valence electrons. The third-order valence-corrected chi connectivity index (χ3v) is 7.07. The summed E-state index contributed by atoms with van der Waals surface area (Å²) in [6.07, 6.45) is 1.57. The van der Waals surface area contributed by atoms with E-state index in [2.05, 4.69) is 27.7 Å². The van der Waals surface area contributed by atoms with E-state index in [4.69, 9.17) is 18.9 Å². The molecule has 0 fully saturated rings. The number of benzene rings is 4. The fourth-order valence-corrected chi connectivity index (χ4v) is 5.08. The van der Waals surface area contributed by atoms with Crippen LogP contribution in [0.2, 0.25) is 0 Å². The van der Waals surface area contributed by atoms with Crippen LogP contribution in [0.15, 0.2) is 105 Å². The molecular weight excluding hydrogens is 624 g/mol. The lowest BCUT2D eigenvalue weighted by atomic mass is 10.2. The second kappa shape index (κ2) is 10.9. The SMILES string of the molecule is COc1cc(C=Nn2c(-c3cc4ccccc4o3)nc3ccccc3c2=O)cc(I)c1OCc1ccc(F)cc1. The number of furan rings is 1. The molecule has 0 unspecified atom stereocenters. The molecule has 0 saturated carbocycles. The summed E-state index contributed by atoms with van der Waals surface area (Å²) in [6, 6.07) is 26.3. The molecule has 0 amide bonds. The average Bonchev–Trinajstić information content (AvgIpc) is 3.41. The minimum absolute atomic E-state index is 0.249. The number of rotatable bonds is 7. The second-order valence-corrected chi connectivity index (χ2v) is 10.1. The van der Waals surface area contributed by atoms with Crippen LogP contribution in [0.5, 0.6) is 11.5 Å². The molecule has 0 saturated heterocycles. The highest BCUT2D eigenvalue weighted by Gasteiger charge is 2.17. The van der Waals surface area contributed by atoms with Crippen molar-refractivity contribution in [3.05, 3.63) is 122 Å². The number of nitrogens with zero attached hydrogens (tertiary/aromatic N) is 3. The molecule has 0 spiro atoms. The Hall–Kier alpha value is -4.51. The summed E-state index contributed by atoms with van der Waals surface area (Å²) in [5.41, 5.74) is 2.43. The van der Waals surface area contributed by atoms with Crippen molar-refractivity contribution in [3.63, 3.8) is 0 Å². The maximum absolute atomic E-state index is 13.5. The van der Waals surface area contributed by atoms with E-state index in [0.717, 1.165) is 14.5 Å². The fraction of sp³-hybridized carbons (Fsp3) is 0.0645. The first-order chi connectivity index (χ1) is 19.5. The Morgan fingerprint density at radius 3 is 2.60 bits per heavy atom. The summed E-state index contributed by atoms with van der Waals surface area (Å²) in [5, 5.41) is 5.88. The van der Waals surface area contributed by atoms with Crippen molar-refractivity contribution in [2.45, 2.75) is 6.61 Å². The summed E-state index contributed by atoms with van der Waals surface area (Å²) < 4.78 is 32.9. The van der Waals surface area contributed by atoms with Gasteiger partial charge in [-0.25, -0.2) is 9.37 Å². The Kier molecular flexibility index (Phi) is 7.04. The third kappa shape index (κ3) is 5.07. The van der Waals surface area contributed by atoms with Crippen LogP contribution in [0.25, 0.3) is 33.5 Å². The smallest absolute Gasteiger partial charge is 0.282 e. The fourth-order valence-electron chi connectivity index (χ4n) is 4.30. The second-order valence-electron chi connectivity index (χ2n) is 8.91. The summed E-state index contributed by atoms with van der Waals surface area (Å²) >= 11 is 2.16. The first-order valence-corrected chi connectivity index (χ1v) is 13.4. The molecule has 0 radical (unpaired) electrons. The highest BCUT2D eigenvalue weighted by Crippen LogP contribution is 2.34. The molecule has 2 heterocycles. The molecule has 4 aromatic carbocycles. The Morgan fingerprint density at radius 2 is 1.80 bits per heavy atom. The van der Waals surface area contributed by atoms with Crippen LogP contribution in [0.4, 0.5) is 4.39 Å². The number of para-hydroxylation sites is 2. The zero-order valence-electron chi connectivity index (χ0n) is 21.2. The number of halogens is 2. The Morgan fingerprint density at radius 1 is 1.02 bits per heavy atom. The van der Waals surface area contributed by atoms with Crippen molar-refractivity contribution in [1.82, 2.24) is 9.66 Å². The number of aromatic nitrogens is 2. The number of hydrogen-bond acceptors (Lipinski definition) is 6. The van der Waals surface area contributed by atoms with E-state index in [9.17, 15) is 9.18 Å². The Balaban J connectivity index is 1.39. The molecule has 7 nitrogen and oxygen atoms in total. The van der Waals surface area contributed by atoms with Crippen molar-refractivity contribution in [2.75, 3.05) is 7.11 Å². The number of ether oxygens (including phenoxy) is 2. The minimum Gasteiger partial charge on any atom is -0.493 e. The van der Waals surface area contributed by atoms with E-state index in [0.29, 0.717) is 39.3 Å². The van der Waals surface area contributed by atoms with Crippen LogP contribution >= 0.6 is 22.6 Å². The molecule has 0 atom stereocenters. The van der Waals surface area contributed by atoms with Gasteiger partial charge < -0.3 is 13.9 Å². The van der Waals surface area contributed by atoms with E-state index < -0.39 is 0 Å². The quantitative estimate of drug-likeness (QED) is 0.138. The maximum Gasteiger partial charge on any atom is 0.282 e. The number of fused-ring (bicyclic) bond motifs is 2. The summed E-state index contributed by atoms with van der Waals surface area (Å²) in [4.78, 5) is 18.3. The number of methoxy groups -OCH3 is 1. The lowest BCUT2D eigenvalue weighted by Crippen LogP contribution is -2.20. The van der Waals surface area contributed by atoms with E-state index in [1.165, 1.54) is 16.8 Å². The first-order valence-electron chi connectivity index (χ1n) is 12.3. The van der Waals surface area contributed by atoms with E-state index in [-0.39, 0.29) is 23.8 Å². The van der Waals surface area contributed by atoms with Crippen molar-refractivity contribution in [1.29, 1.82) is 0 Å². The van der Waals surface area contributed by atoms with E-state index in [1.807, 2.05) is 42.5 Å². The molecule has 6 rings (SSSR count). The van der Waals surface area contributed by atoms with E-state index in [1.54, 1.807) is 49.7 Å². The molecule has 0 bridgehead atoms. The van der Waals surface area contributed by atoms with Crippen molar-refractivity contribution in [2.24, 2.45) is 5.10 Å². The molecule has 0 aliphatic carbocycles. The molecule has 40 heavy (non-hydrogen) atoms. The van der Waals surface area contributed by atoms with Gasteiger partial charge in [0, 0.05) is 5.39 Å². The van der Waals surface area contributed by atoms with Crippen LogP contribution in [0, 0.1) is 9.39 Å². The van der Waals surface area contributed by atoms with Gasteiger partial charge in [-0.05, 0) is 82.2 Å². The summed E-state index contributed by atoms with van der Waals surface area (Å²) in [7, 11) is 1.55. The van der Waals surface area contributed by atoms with Crippen LogP contribution in [-0.4, -0.2) is 23.0 Å². The van der Waals surface area contributed by atoms with Crippen molar-refractivity contribution in [3.8, 4) is 23.1 Å². The van der Waals surface area contributed by atoms with Gasteiger partial charge in [0.05, 0.1) is 27.8 Å². The lowest BCUT2D eigenvalue weighted by molar-refractivity contribution is 0.282. The van der Waals surface area contributed by atoms with Crippen molar-refractivity contribution >= 4 is 50.7 Å². The molecule has 0 aliphatic heterocycles. The summed E-state index contributed by atoms with van der Waals surface area (Å²) in [5.74, 6) is 1.47. The van der Waals surface area contributed by atoms with Gasteiger partial charge in [0.15, 0.2) is 17.3 Å². The highest BCUT2D eigenvalue weighted by atomic mass is 127. The monoisotopic (exact) mass is 645 g/mol. The molecule has 0 N–H and O–H groups in total. The van der Waals surface area contributed by atoms with Gasteiger partial charge in [0.25, 0.3) is 5.56 Å². The van der Waals surface area contributed by atoms with Crippen molar-refractivity contribution < 1.29 is 18.3 Å². The Bertz CT molecular complexity index is 1910. The maximum atomic E-state index is 13.5. The lowest BCUT2D eigenvalue weighted by Gasteiger charge is -2.14. The van der Waals surface area contributed by atoms with Gasteiger partial charge >= 0.3 is 0 Å². The number of hydrogen-bond donors (Lipinski definition) is 0. The molecular formula is C31H21FIN3O4. The molecule has 6 aromatic rings. The summed E-state index contributed by atoms with van der Waals surface area (Å²) in [6.45, 7) is 0.249. The normalized spacial score (nSPS) is 11.5. The third-order valence-electron chi connectivity index (χ3n) is 6.27. The first kappa shape index (κ1) is 25.8. The van der Waals surface area contributed by atoms with Gasteiger partial charge in [0.2, 0.25) is 5.82 Å². The molecule has 0 aliphatic rings. The molecule has 9 heteroatoms. The topological polar surface area (TPSA) is 78.9 Å². The van der Waals surface area contributed by atoms with E-state index >= 15 is 0 Å². The largest absolute Gasteiger partial charge is 0.493 e. The standard InChI is InChI=1S/C31H21FIN3O4/c1-38-27-15-20(14-24(33)29(27)39-18-19-10-12-22(32)13-11-19)17-34-36-30(28-16-21-6-2-5-9-26(21)40-28)35-25-8-4-3-7-23(25)31(36)37/h2-17H,18H2,1H3. The zero-order chi connectivity index (χ0) is 27.6. The van der Waals surface area contributed by atoms with Gasteiger partial charge in [-0.2, -0.15) is 9.78 Å². The predicted molar refractivity (Wildman–Crippen MR) is 161 cm³/mol. The van der Waals surface area contributed by atoms with Gasteiger partial charge in [-0.15, -0.1) is 0 Å². The van der Waals surface area contributed by atoms with Crippen LogP contribution in [-0.2, 0) is 6.61 Å².